The summed E-state index contributed by atoms with van der Waals surface area (Å²) in [6.07, 6.45) is 4.14. The Morgan fingerprint density at radius 3 is 2.40 bits per heavy atom. The average molecular weight is 280 g/mol. The molecule has 0 aliphatic heterocycles. The zero-order valence-corrected chi connectivity index (χ0v) is 11.1. The molecule has 8 heteroatoms. The maximum Gasteiger partial charge on any atom is 0.320 e. The van der Waals surface area contributed by atoms with E-state index in [1.54, 1.807) is 6.92 Å². The molecule has 1 amide bonds. The lowest BCUT2D eigenvalue weighted by atomic mass is 9.84. The second-order valence-corrected chi connectivity index (χ2v) is 5.08. The van der Waals surface area contributed by atoms with Crippen LogP contribution in [0.1, 0.15) is 49.1 Å². The standard InChI is InChI=1S/C12H16N4O4/c1-7(17)8-2-4-9(5-3-8)15-6-10(16(19)20)11(14-15)12(13)18/h6,8-9H,2-5H2,1H3,(H2,13,18). The highest BCUT2D eigenvalue weighted by Gasteiger charge is 2.29. The van der Waals surface area contributed by atoms with Crippen molar-refractivity contribution in [3.8, 4) is 0 Å². The van der Waals surface area contributed by atoms with E-state index in [2.05, 4.69) is 5.10 Å². The van der Waals surface area contributed by atoms with Crippen molar-refractivity contribution < 1.29 is 14.5 Å². The predicted molar refractivity (Wildman–Crippen MR) is 69.1 cm³/mol. The molecule has 0 aromatic carbocycles. The normalized spacial score (nSPS) is 22.4. The minimum Gasteiger partial charge on any atom is -0.364 e. The number of primary amides is 1. The van der Waals surface area contributed by atoms with Crippen molar-refractivity contribution in [1.29, 1.82) is 0 Å². The topological polar surface area (TPSA) is 121 Å². The fourth-order valence-corrected chi connectivity index (χ4v) is 2.63. The minimum absolute atomic E-state index is 0.0302. The van der Waals surface area contributed by atoms with Crippen LogP contribution in [0.3, 0.4) is 0 Å². The first-order valence-corrected chi connectivity index (χ1v) is 6.44. The highest BCUT2D eigenvalue weighted by atomic mass is 16.6. The summed E-state index contributed by atoms with van der Waals surface area (Å²) in [5.74, 6) is -0.673. The van der Waals surface area contributed by atoms with E-state index in [1.165, 1.54) is 10.9 Å². The molecule has 1 aromatic rings. The van der Waals surface area contributed by atoms with Crippen LogP contribution >= 0.6 is 0 Å². The summed E-state index contributed by atoms with van der Waals surface area (Å²) in [7, 11) is 0. The van der Waals surface area contributed by atoms with Crippen LogP contribution < -0.4 is 5.73 Å². The van der Waals surface area contributed by atoms with E-state index in [0.29, 0.717) is 12.8 Å². The number of nitrogens with zero attached hydrogens (tertiary/aromatic N) is 3. The van der Waals surface area contributed by atoms with Crippen molar-refractivity contribution in [1.82, 2.24) is 9.78 Å². The maximum absolute atomic E-state index is 11.3. The van der Waals surface area contributed by atoms with Gasteiger partial charge in [0.1, 0.15) is 12.0 Å². The lowest BCUT2D eigenvalue weighted by Crippen LogP contribution is -2.23. The summed E-state index contributed by atoms with van der Waals surface area (Å²) in [5, 5.41) is 14.8. The van der Waals surface area contributed by atoms with E-state index in [-0.39, 0.29) is 29.1 Å². The zero-order valence-electron chi connectivity index (χ0n) is 11.1. The molecular formula is C12H16N4O4. The van der Waals surface area contributed by atoms with Gasteiger partial charge in [-0.2, -0.15) is 5.10 Å². The van der Waals surface area contributed by atoms with Crippen LogP contribution in [0.15, 0.2) is 6.20 Å². The first-order valence-electron chi connectivity index (χ1n) is 6.44. The van der Waals surface area contributed by atoms with Crippen LogP contribution in [0.25, 0.3) is 0 Å². The van der Waals surface area contributed by atoms with Crippen molar-refractivity contribution in [2.75, 3.05) is 0 Å². The summed E-state index contributed by atoms with van der Waals surface area (Å²) in [6.45, 7) is 1.58. The predicted octanol–water partition coefficient (Wildman–Crippen LogP) is 1.21. The fraction of sp³-hybridized carbons (Fsp3) is 0.583. The molecule has 108 valence electrons. The number of hydrogen-bond donors (Lipinski definition) is 1. The molecule has 0 unspecified atom stereocenters. The number of ketones is 1. The average Bonchev–Trinajstić information content (AvgIpc) is 2.84. The van der Waals surface area contributed by atoms with E-state index in [9.17, 15) is 19.7 Å². The van der Waals surface area contributed by atoms with E-state index < -0.39 is 10.8 Å². The number of carbonyl (C=O) groups excluding carboxylic acids is 2. The second kappa shape index (κ2) is 5.40. The largest absolute Gasteiger partial charge is 0.364 e. The Kier molecular flexibility index (Phi) is 3.82. The van der Waals surface area contributed by atoms with Gasteiger partial charge in [0.15, 0.2) is 0 Å². The number of carbonyl (C=O) groups is 2. The molecule has 0 spiro atoms. The number of nitro groups is 1. The Labute approximate surface area is 115 Å². The van der Waals surface area contributed by atoms with Crippen molar-refractivity contribution in [3.05, 3.63) is 22.0 Å². The van der Waals surface area contributed by atoms with E-state index in [0.717, 1.165) is 12.8 Å². The maximum atomic E-state index is 11.3. The van der Waals surface area contributed by atoms with Gasteiger partial charge in [-0.05, 0) is 32.6 Å². The Morgan fingerprint density at radius 2 is 2.00 bits per heavy atom. The van der Waals surface area contributed by atoms with Gasteiger partial charge in [0.05, 0.1) is 11.0 Å². The molecule has 20 heavy (non-hydrogen) atoms. The van der Waals surface area contributed by atoms with Crippen molar-refractivity contribution >= 4 is 17.4 Å². The Bertz CT molecular complexity index is 526. The molecule has 0 saturated heterocycles. The molecule has 1 aliphatic rings. The minimum atomic E-state index is -0.909. The van der Waals surface area contributed by atoms with Crippen molar-refractivity contribution in [2.24, 2.45) is 11.7 Å². The Balaban J connectivity index is 2.18. The lowest BCUT2D eigenvalue weighted by Gasteiger charge is -2.26. The first kappa shape index (κ1) is 14.2. The van der Waals surface area contributed by atoms with Gasteiger partial charge >= 0.3 is 5.69 Å². The quantitative estimate of drug-likeness (QED) is 0.656. The molecule has 8 nitrogen and oxygen atoms in total. The monoisotopic (exact) mass is 280 g/mol. The molecule has 1 fully saturated rings. The van der Waals surface area contributed by atoms with E-state index in [1.807, 2.05) is 0 Å². The smallest absolute Gasteiger partial charge is 0.320 e. The number of aromatic nitrogens is 2. The highest BCUT2D eigenvalue weighted by Crippen LogP contribution is 2.33. The van der Waals surface area contributed by atoms with Crippen LogP contribution in [0.4, 0.5) is 5.69 Å². The fourth-order valence-electron chi connectivity index (χ4n) is 2.63. The van der Waals surface area contributed by atoms with Gasteiger partial charge in [-0.15, -0.1) is 0 Å². The van der Waals surface area contributed by atoms with Gasteiger partial charge in [0.25, 0.3) is 5.91 Å². The summed E-state index contributed by atoms with van der Waals surface area (Å²) < 4.78 is 1.44. The SMILES string of the molecule is CC(=O)C1CCC(n2cc([N+](=O)[O-])c(C(N)=O)n2)CC1. The summed E-state index contributed by atoms with van der Waals surface area (Å²) in [6, 6.07) is -0.0302. The molecular weight excluding hydrogens is 264 g/mol. The Morgan fingerprint density at radius 1 is 1.40 bits per heavy atom. The van der Waals surface area contributed by atoms with E-state index >= 15 is 0 Å². The van der Waals surface area contributed by atoms with Crippen LogP contribution in [0.2, 0.25) is 0 Å². The zero-order chi connectivity index (χ0) is 14.9. The molecule has 2 rings (SSSR count). The third kappa shape index (κ3) is 2.68. The van der Waals surface area contributed by atoms with Crippen LogP contribution in [-0.2, 0) is 4.79 Å². The number of nitrogens with two attached hydrogens (primary N) is 1. The number of hydrogen-bond acceptors (Lipinski definition) is 5. The lowest BCUT2D eigenvalue weighted by molar-refractivity contribution is -0.385. The third-order valence-electron chi connectivity index (χ3n) is 3.79. The first-order chi connectivity index (χ1) is 9.40. The summed E-state index contributed by atoms with van der Waals surface area (Å²) in [4.78, 5) is 32.7. The molecule has 1 saturated carbocycles. The van der Waals surface area contributed by atoms with Gasteiger partial charge in [0.2, 0.25) is 5.69 Å². The van der Waals surface area contributed by atoms with Crippen molar-refractivity contribution in [3.63, 3.8) is 0 Å². The van der Waals surface area contributed by atoms with Crippen LogP contribution in [-0.4, -0.2) is 26.4 Å². The highest BCUT2D eigenvalue weighted by molar-refractivity contribution is 5.94. The van der Waals surface area contributed by atoms with Gasteiger partial charge in [0, 0.05) is 5.92 Å². The van der Waals surface area contributed by atoms with Gasteiger partial charge < -0.3 is 5.73 Å². The number of amides is 1. The Hall–Kier alpha value is -2.25. The number of Topliss-reactive ketones (excluding diaryl/α,β-unsaturated/α-hetero) is 1. The van der Waals surface area contributed by atoms with Gasteiger partial charge in [-0.3, -0.25) is 24.4 Å². The molecule has 0 atom stereocenters. The molecule has 1 aromatic heterocycles. The third-order valence-corrected chi connectivity index (χ3v) is 3.79. The second-order valence-electron chi connectivity index (χ2n) is 5.08. The summed E-state index contributed by atoms with van der Waals surface area (Å²) in [5.41, 5.74) is 4.41. The summed E-state index contributed by atoms with van der Waals surface area (Å²) >= 11 is 0. The van der Waals surface area contributed by atoms with Crippen molar-refractivity contribution in [2.45, 2.75) is 38.6 Å². The van der Waals surface area contributed by atoms with Gasteiger partial charge in [-0.1, -0.05) is 0 Å². The van der Waals surface area contributed by atoms with E-state index in [4.69, 9.17) is 5.73 Å². The van der Waals surface area contributed by atoms with Crippen LogP contribution in [0, 0.1) is 16.0 Å². The molecule has 1 aliphatic carbocycles. The molecule has 1 heterocycles. The molecule has 2 N–H and O–H groups in total. The van der Waals surface area contributed by atoms with Gasteiger partial charge in [-0.25, -0.2) is 0 Å². The van der Waals surface area contributed by atoms with Crippen LogP contribution in [0.5, 0.6) is 0 Å². The molecule has 0 radical (unpaired) electrons. The number of rotatable bonds is 4. The molecule has 0 bridgehead atoms.